The van der Waals surface area contributed by atoms with Crippen molar-refractivity contribution in [1.29, 1.82) is 0 Å². The van der Waals surface area contributed by atoms with Gasteiger partial charge in [-0.2, -0.15) is 9.78 Å². The number of aromatic amines is 1. The molecule has 146 valence electrons. The van der Waals surface area contributed by atoms with Crippen molar-refractivity contribution in [3.05, 3.63) is 68.0 Å². The number of nitrogens with one attached hydrogen (secondary N) is 2. The number of amides is 1. The van der Waals surface area contributed by atoms with Gasteiger partial charge in [-0.3, -0.25) is 14.6 Å². The maximum Gasteiger partial charge on any atom is 0.255 e. The van der Waals surface area contributed by atoms with Gasteiger partial charge in [0.05, 0.1) is 12.1 Å². The van der Waals surface area contributed by atoms with Crippen molar-refractivity contribution in [3.63, 3.8) is 0 Å². The molecule has 0 saturated carbocycles. The number of halogens is 2. The molecule has 3 aromatic rings. The summed E-state index contributed by atoms with van der Waals surface area (Å²) in [5, 5.41) is 7.13. The number of benzene rings is 1. The van der Waals surface area contributed by atoms with E-state index in [1.54, 1.807) is 19.9 Å². The van der Waals surface area contributed by atoms with Crippen LogP contribution in [0.4, 0.5) is 10.2 Å². The van der Waals surface area contributed by atoms with Crippen LogP contribution >= 0.6 is 11.6 Å². The van der Waals surface area contributed by atoms with Crippen LogP contribution in [0.5, 0.6) is 0 Å². The highest BCUT2D eigenvalue weighted by atomic mass is 35.5. The van der Waals surface area contributed by atoms with E-state index in [2.05, 4.69) is 20.4 Å². The summed E-state index contributed by atoms with van der Waals surface area (Å²) in [4.78, 5) is 31.7. The van der Waals surface area contributed by atoms with Crippen LogP contribution in [-0.4, -0.2) is 25.7 Å². The molecule has 0 unspecified atom stereocenters. The third-order valence-corrected chi connectivity index (χ3v) is 4.62. The van der Waals surface area contributed by atoms with Gasteiger partial charge >= 0.3 is 0 Å². The number of hydrogen-bond donors (Lipinski definition) is 2. The average Bonchev–Trinajstić information content (AvgIpc) is 2.98. The fourth-order valence-electron chi connectivity index (χ4n) is 2.91. The molecule has 0 aliphatic heterocycles. The molecule has 0 fully saturated rings. The van der Waals surface area contributed by atoms with E-state index in [4.69, 9.17) is 11.6 Å². The SMILES string of the molecule is CCc1c(C)nc(-n2nc(C)cc2NC(=O)Cc2c(F)cccc2Cl)[nH]c1=O. The minimum Gasteiger partial charge on any atom is -0.310 e. The molecule has 7 nitrogen and oxygen atoms in total. The highest BCUT2D eigenvalue weighted by Gasteiger charge is 2.17. The third kappa shape index (κ3) is 3.96. The van der Waals surface area contributed by atoms with Gasteiger partial charge in [-0.15, -0.1) is 0 Å². The van der Waals surface area contributed by atoms with Gasteiger partial charge < -0.3 is 5.32 Å². The van der Waals surface area contributed by atoms with E-state index in [1.165, 1.54) is 22.9 Å². The fourth-order valence-corrected chi connectivity index (χ4v) is 3.14. The first-order valence-electron chi connectivity index (χ1n) is 8.69. The molecule has 2 heterocycles. The van der Waals surface area contributed by atoms with Crippen molar-refractivity contribution in [3.8, 4) is 5.95 Å². The van der Waals surface area contributed by atoms with Crippen LogP contribution in [0.3, 0.4) is 0 Å². The maximum absolute atomic E-state index is 13.9. The lowest BCUT2D eigenvalue weighted by molar-refractivity contribution is -0.115. The van der Waals surface area contributed by atoms with E-state index in [0.29, 0.717) is 29.2 Å². The third-order valence-electron chi connectivity index (χ3n) is 4.26. The lowest BCUT2D eigenvalue weighted by Crippen LogP contribution is -2.22. The standard InChI is InChI=1S/C19H19ClFN5O2/c1-4-12-11(3)22-19(24-18(12)28)26-16(8-10(2)25-26)23-17(27)9-13-14(20)6-5-7-15(13)21/h5-8H,4,9H2,1-3H3,(H,23,27)(H,22,24,28). The first kappa shape index (κ1) is 19.8. The van der Waals surface area contributed by atoms with Crippen molar-refractivity contribution >= 4 is 23.3 Å². The highest BCUT2D eigenvalue weighted by molar-refractivity contribution is 6.31. The number of aromatic nitrogens is 4. The average molecular weight is 404 g/mol. The molecule has 0 bridgehead atoms. The van der Waals surface area contributed by atoms with Crippen LogP contribution in [0.1, 0.15) is 29.4 Å². The molecule has 1 aromatic carbocycles. The highest BCUT2D eigenvalue weighted by Crippen LogP contribution is 2.21. The monoisotopic (exact) mass is 403 g/mol. The summed E-state index contributed by atoms with van der Waals surface area (Å²) in [5.74, 6) is -0.532. The number of rotatable bonds is 5. The quantitative estimate of drug-likeness (QED) is 0.684. The number of H-pyrrole nitrogens is 1. The van der Waals surface area contributed by atoms with E-state index in [0.717, 1.165) is 0 Å². The van der Waals surface area contributed by atoms with E-state index < -0.39 is 11.7 Å². The summed E-state index contributed by atoms with van der Waals surface area (Å²) >= 11 is 5.98. The van der Waals surface area contributed by atoms with Gasteiger partial charge in [-0.1, -0.05) is 24.6 Å². The molecule has 28 heavy (non-hydrogen) atoms. The summed E-state index contributed by atoms with van der Waals surface area (Å²) in [6.07, 6.45) is 0.313. The minimum atomic E-state index is -0.552. The molecular formula is C19H19ClFN5O2. The van der Waals surface area contributed by atoms with Crippen LogP contribution < -0.4 is 10.9 Å². The zero-order chi connectivity index (χ0) is 20.4. The Bertz CT molecular complexity index is 1090. The first-order valence-corrected chi connectivity index (χ1v) is 9.07. The molecule has 1 amide bonds. The first-order chi connectivity index (χ1) is 13.3. The molecule has 3 rings (SSSR count). The lowest BCUT2D eigenvalue weighted by atomic mass is 10.1. The predicted octanol–water partition coefficient (Wildman–Crippen LogP) is 3.11. The molecule has 0 aliphatic rings. The Hall–Kier alpha value is -3.00. The van der Waals surface area contributed by atoms with Crippen LogP contribution in [0.2, 0.25) is 5.02 Å². The van der Waals surface area contributed by atoms with Gasteiger partial charge in [-0.25, -0.2) is 9.37 Å². The topological polar surface area (TPSA) is 92.7 Å². The van der Waals surface area contributed by atoms with Crippen molar-refractivity contribution in [1.82, 2.24) is 19.7 Å². The van der Waals surface area contributed by atoms with E-state index in [9.17, 15) is 14.0 Å². The summed E-state index contributed by atoms with van der Waals surface area (Å²) < 4.78 is 15.3. The zero-order valence-corrected chi connectivity index (χ0v) is 16.4. The molecule has 0 aliphatic carbocycles. The Balaban J connectivity index is 1.91. The molecule has 0 radical (unpaired) electrons. The normalized spacial score (nSPS) is 10.9. The Labute approximate surface area is 165 Å². The van der Waals surface area contributed by atoms with Crippen molar-refractivity contribution < 1.29 is 9.18 Å². The van der Waals surface area contributed by atoms with Gasteiger partial charge in [0.25, 0.3) is 5.56 Å². The van der Waals surface area contributed by atoms with E-state index >= 15 is 0 Å². The Morgan fingerprint density at radius 2 is 2.07 bits per heavy atom. The predicted molar refractivity (Wildman–Crippen MR) is 105 cm³/mol. The van der Waals surface area contributed by atoms with Crippen molar-refractivity contribution in [2.75, 3.05) is 5.32 Å². The van der Waals surface area contributed by atoms with E-state index in [1.807, 2.05) is 6.92 Å². The molecule has 0 atom stereocenters. The van der Waals surface area contributed by atoms with Gasteiger partial charge in [-0.05, 0) is 32.4 Å². The number of carbonyl (C=O) groups is 1. The fraction of sp³-hybridized carbons (Fsp3) is 0.263. The van der Waals surface area contributed by atoms with Crippen molar-refractivity contribution in [2.45, 2.75) is 33.6 Å². The summed E-state index contributed by atoms with van der Waals surface area (Å²) in [7, 11) is 0. The summed E-state index contributed by atoms with van der Waals surface area (Å²) in [6.45, 7) is 5.36. The largest absolute Gasteiger partial charge is 0.310 e. The van der Waals surface area contributed by atoms with Crippen LogP contribution in [-0.2, 0) is 17.6 Å². The van der Waals surface area contributed by atoms with Crippen LogP contribution in [0.25, 0.3) is 5.95 Å². The van der Waals surface area contributed by atoms with Gasteiger partial charge in [0.2, 0.25) is 11.9 Å². The lowest BCUT2D eigenvalue weighted by Gasteiger charge is -2.10. The molecule has 0 spiro atoms. The summed E-state index contributed by atoms with van der Waals surface area (Å²) in [6, 6.07) is 5.87. The van der Waals surface area contributed by atoms with Gasteiger partial charge in [0.15, 0.2) is 0 Å². The second kappa shape index (κ2) is 7.93. The molecule has 2 N–H and O–H groups in total. The van der Waals surface area contributed by atoms with Gasteiger partial charge in [0, 0.05) is 27.9 Å². The zero-order valence-electron chi connectivity index (χ0n) is 15.6. The van der Waals surface area contributed by atoms with Gasteiger partial charge in [0.1, 0.15) is 11.6 Å². The number of aryl methyl sites for hydroxylation is 2. The minimum absolute atomic E-state index is 0.110. The maximum atomic E-state index is 13.9. The number of nitrogens with zero attached hydrogens (tertiary/aromatic N) is 3. The second-order valence-corrected chi connectivity index (χ2v) is 6.72. The Kier molecular flexibility index (Phi) is 5.60. The van der Waals surface area contributed by atoms with Crippen LogP contribution in [0.15, 0.2) is 29.1 Å². The molecule has 9 heteroatoms. The molecule has 2 aromatic heterocycles. The number of carbonyl (C=O) groups excluding carboxylic acids is 1. The molecular weight excluding hydrogens is 385 g/mol. The van der Waals surface area contributed by atoms with Crippen molar-refractivity contribution in [2.24, 2.45) is 0 Å². The van der Waals surface area contributed by atoms with E-state index in [-0.39, 0.29) is 28.5 Å². The van der Waals surface area contributed by atoms with Crippen LogP contribution in [0, 0.1) is 19.7 Å². The Morgan fingerprint density at radius 1 is 1.32 bits per heavy atom. The smallest absolute Gasteiger partial charge is 0.255 e. The summed E-state index contributed by atoms with van der Waals surface area (Å²) in [5.41, 5.74) is 1.64. The number of hydrogen-bond acceptors (Lipinski definition) is 4. The number of anilines is 1. The second-order valence-electron chi connectivity index (χ2n) is 6.31. The molecule has 0 saturated heterocycles. The Morgan fingerprint density at radius 3 is 2.71 bits per heavy atom.